The molecule has 170 valence electrons. The zero-order valence-corrected chi connectivity index (χ0v) is 19.3. The summed E-state index contributed by atoms with van der Waals surface area (Å²) in [5.41, 5.74) is 3.70. The number of nitro benzene ring substituents is 1. The van der Waals surface area contributed by atoms with Gasteiger partial charge in [0, 0.05) is 40.0 Å². The van der Waals surface area contributed by atoms with E-state index in [1.807, 2.05) is 4.90 Å². The molecule has 1 aliphatic heterocycles. The summed E-state index contributed by atoms with van der Waals surface area (Å²) in [6.07, 6.45) is 1.46. The molecule has 2 heterocycles. The van der Waals surface area contributed by atoms with Gasteiger partial charge in [-0.3, -0.25) is 10.1 Å². The quantitative estimate of drug-likeness (QED) is 0.170. The number of non-ortho nitro benzene ring substituents is 1. The average molecular weight is 562 g/mol. The predicted octanol–water partition coefficient (Wildman–Crippen LogP) is 3.12. The highest BCUT2D eigenvalue weighted by atomic mass is 127. The number of hydrogen-bond acceptors (Lipinski definition) is 11. The van der Waals surface area contributed by atoms with Crippen molar-refractivity contribution >= 4 is 58.0 Å². The Morgan fingerprint density at radius 1 is 1.15 bits per heavy atom. The first-order valence-corrected chi connectivity index (χ1v) is 10.9. The Balaban J connectivity index is 1.60. The van der Waals surface area contributed by atoms with Gasteiger partial charge in [0.05, 0.1) is 24.4 Å². The lowest BCUT2D eigenvalue weighted by atomic mass is 10.2. The number of nitrogens with zero attached hydrogens (tertiary/aromatic N) is 6. The number of anilines is 4. The Hall–Kier alpha value is -3.59. The summed E-state index contributed by atoms with van der Waals surface area (Å²) >= 11 is 2.14. The molecular weight excluding hydrogens is 543 g/mol. The minimum Gasteiger partial charge on any atom is -0.507 e. The first-order chi connectivity index (χ1) is 16.0. The minimum atomic E-state index is -0.473. The number of phenolic OH excluding ortho intramolecular Hbond substituents is 1. The van der Waals surface area contributed by atoms with Gasteiger partial charge in [0.1, 0.15) is 5.75 Å². The maximum atomic E-state index is 11.1. The monoisotopic (exact) mass is 562 g/mol. The van der Waals surface area contributed by atoms with E-state index >= 15 is 0 Å². The number of aromatic hydroxyl groups is 1. The number of benzene rings is 2. The fourth-order valence-electron chi connectivity index (χ4n) is 2.99. The lowest BCUT2D eigenvalue weighted by molar-refractivity contribution is -0.384. The Kier molecular flexibility index (Phi) is 7.09. The van der Waals surface area contributed by atoms with Crippen LogP contribution < -0.4 is 15.6 Å². The molecule has 1 aromatic heterocycles. The SMILES string of the molecule is O=[N+]([O-])c1cccc(Nc2nc(N/N=C\c3cc(I)ccc3O)nc(N3CCOCC3)n2)c1. The molecule has 1 saturated heterocycles. The molecule has 1 fully saturated rings. The van der Waals surface area contributed by atoms with Crippen molar-refractivity contribution in [3.63, 3.8) is 0 Å². The third kappa shape index (κ3) is 6.01. The molecule has 3 N–H and O–H groups in total. The Morgan fingerprint density at radius 2 is 1.94 bits per heavy atom. The van der Waals surface area contributed by atoms with Crippen LogP contribution in [0.3, 0.4) is 0 Å². The van der Waals surface area contributed by atoms with Crippen LogP contribution in [0.15, 0.2) is 47.6 Å². The number of hydrazone groups is 1. The van der Waals surface area contributed by atoms with Crippen LogP contribution in [0.25, 0.3) is 0 Å². The molecule has 4 rings (SSSR count). The molecule has 2 aromatic carbocycles. The second kappa shape index (κ2) is 10.4. The molecule has 1 aliphatic rings. The van der Waals surface area contributed by atoms with Crippen molar-refractivity contribution in [2.45, 2.75) is 0 Å². The first-order valence-electron chi connectivity index (χ1n) is 9.86. The number of phenols is 1. The van der Waals surface area contributed by atoms with E-state index in [1.165, 1.54) is 18.3 Å². The summed E-state index contributed by atoms with van der Waals surface area (Å²) in [5.74, 6) is 0.872. The minimum absolute atomic E-state index is 0.0530. The van der Waals surface area contributed by atoms with Gasteiger partial charge in [-0.15, -0.1) is 0 Å². The highest BCUT2D eigenvalue weighted by Crippen LogP contribution is 2.22. The highest BCUT2D eigenvalue weighted by Gasteiger charge is 2.17. The number of rotatable bonds is 7. The largest absolute Gasteiger partial charge is 0.507 e. The summed E-state index contributed by atoms with van der Waals surface area (Å²) in [6.45, 7) is 2.32. The van der Waals surface area contributed by atoms with E-state index in [1.54, 1.807) is 30.3 Å². The molecule has 0 unspecified atom stereocenters. The van der Waals surface area contributed by atoms with Crippen LogP contribution in [0, 0.1) is 13.7 Å². The van der Waals surface area contributed by atoms with Gasteiger partial charge in [-0.25, -0.2) is 5.43 Å². The van der Waals surface area contributed by atoms with Gasteiger partial charge < -0.3 is 20.1 Å². The number of morpholine rings is 1. The highest BCUT2D eigenvalue weighted by molar-refractivity contribution is 14.1. The third-order valence-corrected chi connectivity index (χ3v) is 5.26. The number of nitrogens with one attached hydrogen (secondary N) is 2. The summed E-state index contributed by atoms with van der Waals surface area (Å²) in [5, 5.41) is 28.2. The van der Waals surface area contributed by atoms with Crippen molar-refractivity contribution in [3.05, 3.63) is 61.7 Å². The second-order valence-electron chi connectivity index (χ2n) is 6.89. The lowest BCUT2D eigenvalue weighted by Gasteiger charge is -2.27. The Labute approximate surface area is 202 Å². The fourth-order valence-corrected chi connectivity index (χ4v) is 3.51. The molecule has 12 nitrogen and oxygen atoms in total. The topological polar surface area (TPSA) is 151 Å². The zero-order chi connectivity index (χ0) is 23.2. The van der Waals surface area contributed by atoms with Gasteiger partial charge >= 0.3 is 0 Å². The molecule has 0 amide bonds. The van der Waals surface area contributed by atoms with Crippen LogP contribution in [-0.4, -0.2) is 57.5 Å². The molecule has 0 saturated carbocycles. The Bertz CT molecular complexity index is 1190. The first kappa shape index (κ1) is 22.6. The number of aromatic nitrogens is 3. The summed E-state index contributed by atoms with van der Waals surface area (Å²) in [4.78, 5) is 25.7. The van der Waals surface area contributed by atoms with Crippen molar-refractivity contribution in [2.24, 2.45) is 5.10 Å². The van der Waals surface area contributed by atoms with Crippen LogP contribution in [0.5, 0.6) is 5.75 Å². The van der Waals surface area contributed by atoms with Crippen molar-refractivity contribution in [1.29, 1.82) is 0 Å². The predicted molar refractivity (Wildman–Crippen MR) is 131 cm³/mol. The average Bonchev–Trinajstić information content (AvgIpc) is 2.82. The number of ether oxygens (including phenoxy) is 1. The number of halogens is 1. The normalized spacial score (nSPS) is 13.8. The van der Waals surface area contributed by atoms with Gasteiger partial charge in [-0.2, -0.15) is 20.1 Å². The Morgan fingerprint density at radius 3 is 2.73 bits per heavy atom. The van der Waals surface area contributed by atoms with Gasteiger partial charge in [-0.05, 0) is 46.9 Å². The molecular formula is C20H19IN8O4. The molecule has 0 spiro atoms. The summed E-state index contributed by atoms with van der Waals surface area (Å²) in [7, 11) is 0. The van der Waals surface area contributed by atoms with Crippen LogP contribution in [-0.2, 0) is 4.74 Å². The molecule has 0 radical (unpaired) electrons. The van der Waals surface area contributed by atoms with Crippen LogP contribution in [0.4, 0.5) is 29.2 Å². The van der Waals surface area contributed by atoms with E-state index in [-0.39, 0.29) is 23.3 Å². The van der Waals surface area contributed by atoms with Gasteiger partial charge in [0.15, 0.2) is 0 Å². The maximum absolute atomic E-state index is 11.1. The van der Waals surface area contributed by atoms with Crippen molar-refractivity contribution < 1.29 is 14.8 Å². The maximum Gasteiger partial charge on any atom is 0.271 e. The molecule has 0 atom stereocenters. The zero-order valence-electron chi connectivity index (χ0n) is 17.2. The van der Waals surface area contributed by atoms with E-state index in [0.29, 0.717) is 43.5 Å². The lowest BCUT2D eigenvalue weighted by Crippen LogP contribution is -2.37. The van der Waals surface area contributed by atoms with Crippen LogP contribution in [0.2, 0.25) is 0 Å². The van der Waals surface area contributed by atoms with Gasteiger partial charge in [0.25, 0.3) is 5.69 Å². The fraction of sp³-hybridized carbons (Fsp3) is 0.200. The smallest absolute Gasteiger partial charge is 0.271 e. The third-order valence-electron chi connectivity index (χ3n) is 4.59. The van der Waals surface area contributed by atoms with Gasteiger partial charge in [-0.1, -0.05) is 6.07 Å². The number of hydrogen-bond donors (Lipinski definition) is 3. The van der Waals surface area contributed by atoms with Gasteiger partial charge in [0.2, 0.25) is 17.8 Å². The van der Waals surface area contributed by atoms with Crippen molar-refractivity contribution in [1.82, 2.24) is 15.0 Å². The van der Waals surface area contributed by atoms with Crippen molar-refractivity contribution in [3.8, 4) is 5.75 Å². The molecule has 33 heavy (non-hydrogen) atoms. The van der Waals surface area contributed by atoms with E-state index in [2.05, 4.69) is 53.4 Å². The molecule has 13 heteroatoms. The molecule has 3 aromatic rings. The van der Waals surface area contributed by atoms with Crippen LogP contribution >= 0.6 is 22.6 Å². The number of nitro groups is 1. The summed E-state index contributed by atoms with van der Waals surface area (Å²) < 4.78 is 6.34. The standard InChI is InChI=1S/C20H19IN8O4/c21-14-4-5-17(30)13(10-14)12-22-27-19-24-18(23-15-2-1-3-16(11-15)29(31)32)25-20(26-19)28-6-8-33-9-7-28/h1-5,10-12,30H,6-9H2,(H2,23,24,25,26,27)/b22-12-. The van der Waals surface area contributed by atoms with Crippen LogP contribution in [0.1, 0.15) is 5.56 Å². The second-order valence-corrected chi connectivity index (χ2v) is 8.13. The van der Waals surface area contributed by atoms with E-state index in [9.17, 15) is 15.2 Å². The van der Waals surface area contributed by atoms with E-state index < -0.39 is 4.92 Å². The summed E-state index contributed by atoms with van der Waals surface area (Å²) in [6, 6.07) is 11.2. The van der Waals surface area contributed by atoms with E-state index in [0.717, 1.165) is 3.57 Å². The molecule has 0 bridgehead atoms. The van der Waals surface area contributed by atoms with Crippen molar-refractivity contribution in [2.75, 3.05) is 41.9 Å². The van der Waals surface area contributed by atoms with E-state index in [4.69, 9.17) is 4.74 Å². The molecule has 0 aliphatic carbocycles.